The Morgan fingerprint density at radius 3 is 2.51 bits per heavy atom. The van der Waals surface area contributed by atoms with E-state index < -0.39 is 57.7 Å². The standard InChI is InChI=1S/C27H39F4N7O4S/c1-25(23(39)35-38-12-10-36(3)11-13-38)15-19(41-5)18(14-20(25)28)33-24-32-16-17(27(29,30)31)22(34-24)42-21-8-7-9-26(21,2)37(4)43(6)40/h14-16,20-21H,7-13H2,1-6H3,(H,35,39)(H,32,33,34)/t20?,21-,25?,26+,43?/m1/s1. The molecule has 0 aromatic carbocycles. The fourth-order valence-corrected chi connectivity index (χ4v) is 6.20. The van der Waals surface area contributed by atoms with E-state index in [1.165, 1.54) is 26.4 Å². The first kappa shape index (κ1) is 33.1. The van der Waals surface area contributed by atoms with Gasteiger partial charge in [0.2, 0.25) is 17.7 Å². The Kier molecular flexibility index (Phi) is 9.74. The number of piperazine rings is 1. The number of anilines is 1. The molecule has 2 N–H and O–H groups in total. The summed E-state index contributed by atoms with van der Waals surface area (Å²) in [6.07, 6.45) is -1.16. The number of amides is 1. The fraction of sp³-hybridized carbons (Fsp3) is 0.667. The summed E-state index contributed by atoms with van der Waals surface area (Å²) in [5, 5.41) is 4.47. The molecule has 11 nitrogen and oxygen atoms in total. The number of likely N-dealkylation sites (N-methyl/N-ethyl adjacent to an activating group) is 2. The van der Waals surface area contributed by atoms with E-state index in [9.17, 15) is 22.2 Å². The number of carbonyl (C=O) groups is 1. The van der Waals surface area contributed by atoms with E-state index >= 15 is 4.39 Å². The second kappa shape index (κ2) is 12.7. The molecule has 0 bridgehead atoms. The van der Waals surface area contributed by atoms with Crippen LogP contribution in [-0.2, 0) is 26.7 Å². The molecule has 1 aromatic heterocycles. The summed E-state index contributed by atoms with van der Waals surface area (Å²) in [7, 11) is 3.56. The highest BCUT2D eigenvalue weighted by Crippen LogP contribution is 2.42. The molecule has 1 saturated carbocycles. The Morgan fingerprint density at radius 1 is 1.23 bits per heavy atom. The van der Waals surface area contributed by atoms with Gasteiger partial charge in [-0.25, -0.2) is 22.9 Å². The smallest absolute Gasteiger partial charge is 0.423 e. The van der Waals surface area contributed by atoms with Crippen LogP contribution in [0.3, 0.4) is 0 Å². The maximum atomic E-state index is 15.6. The second-order valence-electron chi connectivity index (χ2n) is 11.5. The van der Waals surface area contributed by atoms with Crippen molar-refractivity contribution in [3.05, 3.63) is 35.4 Å². The molecule has 4 rings (SSSR count). The van der Waals surface area contributed by atoms with E-state index in [0.29, 0.717) is 38.5 Å². The quantitative estimate of drug-likeness (QED) is 0.397. The number of halogens is 4. The van der Waals surface area contributed by atoms with E-state index in [2.05, 4.69) is 25.6 Å². The third-order valence-electron chi connectivity index (χ3n) is 8.56. The number of carbonyl (C=O) groups excluding carboxylic acids is 1. The third kappa shape index (κ3) is 6.97. The van der Waals surface area contributed by atoms with Crippen LogP contribution in [0.1, 0.15) is 38.7 Å². The maximum Gasteiger partial charge on any atom is 0.423 e. The van der Waals surface area contributed by atoms with Crippen LogP contribution in [0.4, 0.5) is 23.5 Å². The molecule has 1 saturated heterocycles. The first-order valence-corrected chi connectivity index (χ1v) is 15.4. The van der Waals surface area contributed by atoms with Crippen LogP contribution in [0, 0.1) is 5.41 Å². The highest BCUT2D eigenvalue weighted by molar-refractivity contribution is 7.81. The molecule has 240 valence electrons. The summed E-state index contributed by atoms with van der Waals surface area (Å²) in [4.78, 5) is 23.1. The number of allylic oxidation sites excluding steroid dienone is 1. The van der Waals surface area contributed by atoms with Gasteiger partial charge in [0.1, 0.15) is 29.0 Å². The van der Waals surface area contributed by atoms with Gasteiger partial charge in [0.05, 0.1) is 29.3 Å². The Hall–Kier alpha value is -2.82. The zero-order valence-electron chi connectivity index (χ0n) is 25.1. The molecule has 3 unspecified atom stereocenters. The van der Waals surface area contributed by atoms with Crippen LogP contribution in [0.5, 0.6) is 5.88 Å². The lowest BCUT2D eigenvalue weighted by atomic mass is 9.80. The van der Waals surface area contributed by atoms with Gasteiger partial charge < -0.3 is 19.7 Å². The summed E-state index contributed by atoms with van der Waals surface area (Å²) in [6, 6.07) is 0. The van der Waals surface area contributed by atoms with Crippen molar-refractivity contribution in [2.45, 2.75) is 57.1 Å². The number of ether oxygens (including phenoxy) is 2. The number of nitrogens with zero attached hydrogens (tertiary/aromatic N) is 5. The number of rotatable bonds is 9. The number of alkyl halides is 4. The van der Waals surface area contributed by atoms with E-state index in [1.807, 2.05) is 7.05 Å². The molecule has 0 spiro atoms. The molecule has 1 amide bonds. The van der Waals surface area contributed by atoms with Crippen molar-refractivity contribution in [2.75, 3.05) is 59.0 Å². The van der Waals surface area contributed by atoms with E-state index in [0.717, 1.165) is 19.2 Å². The Bertz CT molecular complexity index is 1290. The van der Waals surface area contributed by atoms with Crippen LogP contribution in [0.2, 0.25) is 0 Å². The van der Waals surface area contributed by atoms with Gasteiger partial charge in [-0.2, -0.15) is 18.2 Å². The number of nitrogens with one attached hydrogen (secondary N) is 2. The molecular formula is C27H39F4N7O4S. The molecule has 1 aliphatic heterocycles. The molecule has 3 aliphatic rings. The normalized spacial score (nSPS) is 29.6. The van der Waals surface area contributed by atoms with Gasteiger partial charge in [0.25, 0.3) is 0 Å². The zero-order chi connectivity index (χ0) is 31.7. The van der Waals surface area contributed by atoms with E-state index in [-0.39, 0.29) is 17.4 Å². The summed E-state index contributed by atoms with van der Waals surface area (Å²) in [5.74, 6) is -1.47. The molecule has 5 atom stereocenters. The number of methoxy groups -OCH3 is 1. The number of hydrazine groups is 1. The third-order valence-corrected chi connectivity index (χ3v) is 9.75. The fourth-order valence-electron chi connectivity index (χ4n) is 5.40. The first-order chi connectivity index (χ1) is 20.1. The number of aromatic nitrogens is 2. The lowest BCUT2D eigenvalue weighted by molar-refractivity contribution is -0.140. The van der Waals surface area contributed by atoms with Gasteiger partial charge in [-0.3, -0.25) is 10.2 Å². The van der Waals surface area contributed by atoms with Crippen LogP contribution in [-0.4, -0.2) is 106 Å². The lowest BCUT2D eigenvalue weighted by Crippen LogP contribution is -2.57. The summed E-state index contributed by atoms with van der Waals surface area (Å²) >= 11 is 0. The average Bonchev–Trinajstić information content (AvgIpc) is 3.31. The minimum atomic E-state index is -4.81. The zero-order valence-corrected chi connectivity index (χ0v) is 25.9. The van der Waals surface area contributed by atoms with Crippen molar-refractivity contribution in [3.8, 4) is 5.88 Å². The summed E-state index contributed by atoms with van der Waals surface area (Å²) in [5.41, 5.74) is -0.771. The Morgan fingerprint density at radius 2 is 1.91 bits per heavy atom. The minimum Gasteiger partial charge on any atom is -0.495 e. The highest BCUT2D eigenvalue weighted by Gasteiger charge is 2.47. The number of hydrogen-bond acceptors (Lipinski definition) is 9. The molecular weight excluding hydrogens is 594 g/mol. The van der Waals surface area contributed by atoms with Crippen LogP contribution in [0.15, 0.2) is 29.8 Å². The lowest BCUT2D eigenvalue weighted by Gasteiger charge is -2.38. The molecule has 2 aliphatic carbocycles. The van der Waals surface area contributed by atoms with Crippen LogP contribution < -0.4 is 15.5 Å². The van der Waals surface area contributed by atoms with Crippen molar-refractivity contribution >= 4 is 22.8 Å². The highest BCUT2D eigenvalue weighted by atomic mass is 32.2. The molecule has 43 heavy (non-hydrogen) atoms. The largest absolute Gasteiger partial charge is 0.495 e. The van der Waals surface area contributed by atoms with Crippen molar-refractivity contribution in [2.24, 2.45) is 5.41 Å². The predicted molar refractivity (Wildman–Crippen MR) is 153 cm³/mol. The summed E-state index contributed by atoms with van der Waals surface area (Å²) < 4.78 is 82.5. The van der Waals surface area contributed by atoms with Crippen molar-refractivity contribution in [1.82, 2.24) is 29.6 Å². The molecule has 2 fully saturated rings. The van der Waals surface area contributed by atoms with Crippen molar-refractivity contribution < 1.29 is 36.0 Å². The molecule has 16 heteroatoms. The maximum absolute atomic E-state index is 15.6. The van der Waals surface area contributed by atoms with Gasteiger partial charge in [-0.1, -0.05) is 0 Å². The molecule has 0 radical (unpaired) electrons. The average molecular weight is 634 g/mol. The van der Waals surface area contributed by atoms with Gasteiger partial charge >= 0.3 is 6.18 Å². The SMILES string of the molecule is COC1=CC(C)(C(=O)NN2CCN(C)CC2)C(F)C=C1Nc1ncc(C(F)(F)F)c(O[C@@H]2CCC[C@]2(C)N(C)S(C)=O)n1. The Labute approximate surface area is 251 Å². The predicted octanol–water partition coefficient (Wildman–Crippen LogP) is 2.87. The summed E-state index contributed by atoms with van der Waals surface area (Å²) in [6.45, 7) is 5.89. The first-order valence-electron chi connectivity index (χ1n) is 13.9. The molecule has 1 aromatic rings. The Balaban J connectivity index is 1.57. The van der Waals surface area contributed by atoms with Crippen molar-refractivity contribution in [1.29, 1.82) is 0 Å². The van der Waals surface area contributed by atoms with Gasteiger partial charge in [-0.15, -0.1) is 0 Å². The minimum absolute atomic E-state index is 0.0393. The van der Waals surface area contributed by atoms with E-state index in [1.54, 1.807) is 23.3 Å². The number of hydrogen-bond donors (Lipinski definition) is 2. The van der Waals surface area contributed by atoms with Crippen molar-refractivity contribution in [3.63, 3.8) is 0 Å². The monoisotopic (exact) mass is 633 g/mol. The topological polar surface area (TPSA) is 112 Å². The van der Waals surface area contributed by atoms with Crippen LogP contribution in [0.25, 0.3) is 0 Å². The van der Waals surface area contributed by atoms with E-state index in [4.69, 9.17) is 9.47 Å². The van der Waals surface area contributed by atoms with Gasteiger partial charge in [0, 0.05) is 45.7 Å². The van der Waals surface area contributed by atoms with Crippen LogP contribution >= 0.6 is 0 Å². The molecule has 2 heterocycles. The second-order valence-corrected chi connectivity index (χ2v) is 12.9. The van der Waals surface area contributed by atoms with Gasteiger partial charge in [0.15, 0.2) is 0 Å². The van der Waals surface area contributed by atoms with Gasteiger partial charge in [-0.05, 0) is 52.3 Å².